The SMILES string of the molecule is O=S(=O)(NCC1CCC(CNc2nc(NCCN3CCOCC3)c3ccccc3n2)CC1)c1cc(Cl)cc(CI)c1. The molecule has 0 unspecified atom stereocenters. The van der Waals surface area contributed by atoms with Gasteiger partial charge in [-0.1, -0.05) is 46.3 Å². The Morgan fingerprint density at radius 3 is 2.46 bits per heavy atom. The molecule has 0 spiro atoms. The summed E-state index contributed by atoms with van der Waals surface area (Å²) in [7, 11) is -3.59. The molecule has 0 radical (unpaired) electrons. The lowest BCUT2D eigenvalue weighted by atomic mass is 9.82. The van der Waals surface area contributed by atoms with E-state index in [9.17, 15) is 8.42 Å². The van der Waals surface area contributed by atoms with Crippen LogP contribution >= 0.6 is 34.2 Å². The van der Waals surface area contributed by atoms with Gasteiger partial charge in [-0.15, -0.1) is 0 Å². The molecule has 12 heteroatoms. The van der Waals surface area contributed by atoms with E-state index in [0.717, 1.165) is 93.9 Å². The maximum Gasteiger partial charge on any atom is 0.240 e. The first kappa shape index (κ1) is 30.7. The molecule has 1 saturated heterocycles. The number of halogens is 2. The molecule has 2 aliphatic rings. The van der Waals surface area contributed by atoms with E-state index in [1.807, 2.05) is 18.2 Å². The number of hydrogen-bond donors (Lipinski definition) is 3. The summed E-state index contributed by atoms with van der Waals surface area (Å²) in [5.41, 5.74) is 1.82. The summed E-state index contributed by atoms with van der Waals surface area (Å²) in [5, 5.41) is 8.47. The first-order valence-corrected chi connectivity index (χ1v) is 17.7. The van der Waals surface area contributed by atoms with Gasteiger partial charge in [0.25, 0.3) is 0 Å². The molecule has 0 amide bonds. The highest BCUT2D eigenvalue weighted by atomic mass is 127. The minimum Gasteiger partial charge on any atom is -0.379 e. The summed E-state index contributed by atoms with van der Waals surface area (Å²) in [6.07, 6.45) is 4.04. The Bertz CT molecular complexity index is 1410. The molecule has 1 aliphatic heterocycles. The predicted octanol–water partition coefficient (Wildman–Crippen LogP) is 5.16. The number of para-hydroxylation sites is 1. The number of anilines is 2. The molecule has 0 atom stereocenters. The van der Waals surface area contributed by atoms with Gasteiger partial charge in [-0.05, 0) is 73.4 Å². The molecule has 9 nitrogen and oxygen atoms in total. The van der Waals surface area contributed by atoms with Crippen molar-refractivity contribution < 1.29 is 13.2 Å². The summed E-state index contributed by atoms with van der Waals surface area (Å²) in [6.45, 7) is 6.53. The van der Waals surface area contributed by atoms with E-state index >= 15 is 0 Å². The highest BCUT2D eigenvalue weighted by Gasteiger charge is 2.24. The molecule has 2 fully saturated rings. The zero-order valence-corrected chi connectivity index (χ0v) is 26.8. The second-order valence-electron chi connectivity index (χ2n) is 10.8. The zero-order chi connectivity index (χ0) is 28.7. The maximum absolute atomic E-state index is 12.9. The zero-order valence-electron chi connectivity index (χ0n) is 23.1. The van der Waals surface area contributed by atoms with Crippen molar-refractivity contribution in [3.8, 4) is 0 Å². The van der Waals surface area contributed by atoms with Gasteiger partial charge in [0.2, 0.25) is 16.0 Å². The fourth-order valence-corrected chi connectivity index (χ4v) is 7.46. The Hall–Kier alpha value is -1.77. The maximum atomic E-state index is 12.9. The van der Waals surface area contributed by atoms with Crippen molar-refractivity contribution in [3.05, 3.63) is 53.1 Å². The summed E-state index contributed by atoms with van der Waals surface area (Å²) >= 11 is 8.35. The molecule has 41 heavy (non-hydrogen) atoms. The number of rotatable bonds is 12. The Morgan fingerprint density at radius 1 is 0.976 bits per heavy atom. The van der Waals surface area contributed by atoms with Gasteiger partial charge < -0.3 is 15.4 Å². The molecule has 222 valence electrons. The van der Waals surface area contributed by atoms with Gasteiger partial charge in [0.15, 0.2) is 0 Å². The van der Waals surface area contributed by atoms with Gasteiger partial charge in [-0.25, -0.2) is 18.1 Å². The van der Waals surface area contributed by atoms with Crippen LogP contribution in [-0.4, -0.2) is 75.8 Å². The molecule has 1 aliphatic carbocycles. The van der Waals surface area contributed by atoms with E-state index < -0.39 is 10.0 Å². The molecule has 3 N–H and O–H groups in total. The van der Waals surface area contributed by atoms with Crippen LogP contribution < -0.4 is 15.4 Å². The van der Waals surface area contributed by atoms with Crippen LogP contribution in [0.15, 0.2) is 47.4 Å². The van der Waals surface area contributed by atoms with Gasteiger partial charge >= 0.3 is 0 Å². The smallest absolute Gasteiger partial charge is 0.240 e. The summed E-state index contributed by atoms with van der Waals surface area (Å²) in [6, 6.07) is 13.1. The number of morpholine rings is 1. The van der Waals surface area contributed by atoms with Gasteiger partial charge in [0.05, 0.1) is 23.6 Å². The molecular weight excluding hydrogens is 675 g/mol. The second kappa shape index (κ2) is 14.6. The van der Waals surface area contributed by atoms with Crippen molar-refractivity contribution in [3.63, 3.8) is 0 Å². The predicted molar refractivity (Wildman–Crippen MR) is 174 cm³/mol. The molecule has 5 rings (SSSR count). The highest BCUT2D eigenvalue weighted by molar-refractivity contribution is 14.1. The summed E-state index contributed by atoms with van der Waals surface area (Å²) in [4.78, 5) is 12.2. The molecule has 0 bridgehead atoms. The fourth-order valence-electron chi connectivity index (χ4n) is 5.49. The van der Waals surface area contributed by atoms with Crippen molar-refractivity contribution in [1.29, 1.82) is 0 Å². The van der Waals surface area contributed by atoms with Gasteiger partial charge in [-0.3, -0.25) is 4.90 Å². The first-order valence-electron chi connectivity index (χ1n) is 14.3. The number of nitrogens with one attached hydrogen (secondary N) is 3. The lowest BCUT2D eigenvalue weighted by molar-refractivity contribution is 0.0398. The average molecular weight is 713 g/mol. The molecule has 1 aromatic heterocycles. The molecule has 1 saturated carbocycles. The largest absolute Gasteiger partial charge is 0.379 e. The average Bonchev–Trinajstić information content (AvgIpc) is 2.99. The standard InChI is InChI=1S/C29H38ClIN6O3S/c30-24-15-23(18-31)16-25(17-24)41(38,39)34-20-22-7-5-21(6-8-22)19-33-29-35-27-4-2-1-3-26(27)28(36-29)32-9-10-37-11-13-40-14-12-37/h1-4,15-17,21-22,34H,5-14,18-20H2,(H2,32,33,35,36). The molecule has 3 aromatic rings. The Labute approximate surface area is 261 Å². The van der Waals surface area contributed by atoms with E-state index in [1.54, 1.807) is 12.1 Å². The number of hydrogen-bond acceptors (Lipinski definition) is 8. The quantitative estimate of drug-likeness (QED) is 0.175. The van der Waals surface area contributed by atoms with Crippen molar-refractivity contribution in [2.24, 2.45) is 11.8 Å². The van der Waals surface area contributed by atoms with Gasteiger partial charge in [0.1, 0.15) is 5.82 Å². The number of alkyl halides is 1. The van der Waals surface area contributed by atoms with E-state index in [0.29, 0.717) is 33.8 Å². The molecule has 2 heterocycles. The minimum atomic E-state index is -3.59. The van der Waals surface area contributed by atoms with Gasteiger partial charge in [-0.2, -0.15) is 4.98 Å². The van der Waals surface area contributed by atoms with Crippen molar-refractivity contribution in [2.75, 3.05) is 63.1 Å². The summed E-state index contributed by atoms with van der Waals surface area (Å²) in [5.74, 6) is 2.31. The van der Waals surface area contributed by atoms with Crippen LogP contribution in [0.5, 0.6) is 0 Å². The monoisotopic (exact) mass is 712 g/mol. The van der Waals surface area contributed by atoms with Crippen LogP contribution in [-0.2, 0) is 19.2 Å². The van der Waals surface area contributed by atoms with Crippen molar-refractivity contribution in [2.45, 2.75) is 35.0 Å². The van der Waals surface area contributed by atoms with E-state index in [-0.39, 0.29) is 4.90 Å². The number of ether oxygens (including phenoxy) is 1. The van der Waals surface area contributed by atoms with Crippen LogP contribution in [0.1, 0.15) is 31.2 Å². The lowest BCUT2D eigenvalue weighted by Crippen LogP contribution is -2.39. The second-order valence-corrected chi connectivity index (χ2v) is 13.8. The number of fused-ring (bicyclic) bond motifs is 1. The Kier molecular flexibility index (Phi) is 10.9. The number of nitrogens with zero attached hydrogens (tertiary/aromatic N) is 3. The third kappa shape index (κ3) is 8.64. The summed E-state index contributed by atoms with van der Waals surface area (Å²) < 4.78 is 34.7. The fraction of sp³-hybridized carbons (Fsp3) is 0.517. The Balaban J connectivity index is 1.11. The van der Waals surface area contributed by atoms with Crippen LogP contribution in [0.2, 0.25) is 5.02 Å². The Morgan fingerprint density at radius 2 is 1.71 bits per heavy atom. The van der Waals surface area contributed by atoms with Crippen LogP contribution in [0, 0.1) is 11.8 Å². The molecular formula is C29H38ClIN6O3S. The van der Waals surface area contributed by atoms with Crippen LogP contribution in [0.25, 0.3) is 10.9 Å². The van der Waals surface area contributed by atoms with Crippen molar-refractivity contribution >= 4 is 66.9 Å². The van der Waals surface area contributed by atoms with E-state index in [4.69, 9.17) is 26.3 Å². The number of sulfonamides is 1. The number of benzene rings is 2. The minimum absolute atomic E-state index is 0.236. The third-order valence-corrected chi connectivity index (χ3v) is 10.4. The lowest BCUT2D eigenvalue weighted by Gasteiger charge is -2.29. The molecule has 2 aromatic carbocycles. The first-order chi connectivity index (χ1) is 19.9. The highest BCUT2D eigenvalue weighted by Crippen LogP contribution is 2.30. The van der Waals surface area contributed by atoms with Crippen molar-refractivity contribution in [1.82, 2.24) is 19.6 Å². The normalized spacial score (nSPS) is 20.2. The van der Waals surface area contributed by atoms with Gasteiger partial charge in [0, 0.05) is 54.1 Å². The third-order valence-electron chi connectivity index (χ3n) is 7.90. The topological polar surface area (TPSA) is 108 Å². The van der Waals surface area contributed by atoms with E-state index in [1.165, 1.54) is 6.07 Å². The number of aromatic nitrogens is 2. The van der Waals surface area contributed by atoms with Crippen LogP contribution in [0.3, 0.4) is 0 Å². The van der Waals surface area contributed by atoms with E-state index in [2.05, 4.69) is 48.9 Å². The van der Waals surface area contributed by atoms with Crippen LogP contribution in [0.4, 0.5) is 11.8 Å².